The first-order chi connectivity index (χ1) is 14.1. The first kappa shape index (κ1) is 23.2. The van der Waals surface area contributed by atoms with E-state index in [0.29, 0.717) is 37.0 Å². The van der Waals surface area contributed by atoms with Crippen molar-refractivity contribution in [3.63, 3.8) is 0 Å². The average molecular weight is 638 g/mol. The van der Waals surface area contributed by atoms with Gasteiger partial charge in [-0.2, -0.15) is 0 Å². The molecule has 0 amide bonds. The molecule has 0 aliphatic heterocycles. The molecule has 0 bridgehead atoms. The molecular formula is C24H32I2O4. The van der Waals surface area contributed by atoms with Crippen molar-refractivity contribution in [2.75, 3.05) is 0 Å². The molecule has 0 saturated heterocycles. The number of allylic oxidation sites excluding steroid dienone is 1. The molecule has 30 heavy (non-hydrogen) atoms. The molecule has 166 valence electrons. The van der Waals surface area contributed by atoms with Gasteiger partial charge in [0.2, 0.25) is 0 Å². The number of Topliss-reactive ketones (excluding diaryl/α,β-unsaturated/α-hetero) is 1. The van der Waals surface area contributed by atoms with Crippen LogP contribution in [0.25, 0.3) is 0 Å². The molecule has 0 aromatic heterocycles. The quantitative estimate of drug-likeness (QED) is 0.216. The number of hydrogen-bond acceptors (Lipinski definition) is 4. The number of esters is 1. The molecule has 0 N–H and O–H groups in total. The maximum atomic E-state index is 13.5. The molecule has 0 radical (unpaired) electrons. The lowest BCUT2D eigenvalue weighted by atomic mass is 9.46. The second kappa shape index (κ2) is 8.10. The number of fused-ring (bicyclic) bond motifs is 5. The zero-order valence-electron chi connectivity index (χ0n) is 18.1. The van der Waals surface area contributed by atoms with Gasteiger partial charge in [0, 0.05) is 18.3 Å². The van der Waals surface area contributed by atoms with E-state index < -0.39 is 5.60 Å². The maximum absolute atomic E-state index is 13.5. The highest BCUT2D eigenvalue weighted by Gasteiger charge is 2.69. The molecule has 6 atom stereocenters. The van der Waals surface area contributed by atoms with E-state index >= 15 is 0 Å². The van der Waals surface area contributed by atoms with E-state index in [-0.39, 0.29) is 30.3 Å². The van der Waals surface area contributed by atoms with Crippen molar-refractivity contribution in [1.82, 2.24) is 0 Å². The molecule has 4 rings (SSSR count). The summed E-state index contributed by atoms with van der Waals surface area (Å²) >= 11 is 4.34. The Hall–Kier alpha value is 0.01000. The summed E-state index contributed by atoms with van der Waals surface area (Å²) in [4.78, 5) is 38.0. The minimum Gasteiger partial charge on any atom is -0.450 e. The van der Waals surface area contributed by atoms with E-state index in [1.54, 1.807) is 6.92 Å². The summed E-state index contributed by atoms with van der Waals surface area (Å²) in [6.07, 6.45) is 9.51. The third-order valence-corrected chi connectivity index (χ3v) is 10.4. The molecule has 0 unspecified atom stereocenters. The molecule has 6 heteroatoms. The maximum Gasteiger partial charge on any atom is 0.306 e. The minimum atomic E-state index is -0.984. The lowest BCUT2D eigenvalue weighted by molar-refractivity contribution is -0.188. The monoisotopic (exact) mass is 638 g/mol. The predicted molar refractivity (Wildman–Crippen MR) is 133 cm³/mol. The number of rotatable bonds is 4. The lowest BCUT2D eigenvalue weighted by Crippen LogP contribution is -2.60. The number of hydrogen-bond donors (Lipinski definition) is 0. The minimum absolute atomic E-state index is 0.0832. The number of halogens is 2. The molecular weight excluding hydrogens is 606 g/mol. The largest absolute Gasteiger partial charge is 0.450 e. The smallest absolute Gasteiger partial charge is 0.306 e. The van der Waals surface area contributed by atoms with E-state index in [4.69, 9.17) is 4.74 Å². The van der Waals surface area contributed by atoms with Crippen LogP contribution in [0.5, 0.6) is 0 Å². The first-order valence-electron chi connectivity index (χ1n) is 11.4. The van der Waals surface area contributed by atoms with Crippen molar-refractivity contribution < 1.29 is 19.1 Å². The van der Waals surface area contributed by atoms with Crippen LogP contribution < -0.4 is 0 Å². The van der Waals surface area contributed by atoms with E-state index in [1.807, 2.05) is 6.08 Å². The number of alkyl halides is 2. The van der Waals surface area contributed by atoms with Crippen molar-refractivity contribution in [2.45, 2.75) is 86.1 Å². The fourth-order valence-electron chi connectivity index (χ4n) is 7.62. The van der Waals surface area contributed by atoms with Crippen LogP contribution in [0.2, 0.25) is 0 Å². The predicted octanol–water partition coefficient (Wildman–Crippen LogP) is 5.98. The normalized spacial score (nSPS) is 42.8. The highest BCUT2D eigenvalue weighted by atomic mass is 127. The van der Waals surface area contributed by atoms with Crippen LogP contribution in [0, 0.1) is 28.6 Å². The number of ether oxygens (including phenoxy) is 1. The highest BCUT2D eigenvalue weighted by molar-refractivity contribution is 14.2. The van der Waals surface area contributed by atoms with Gasteiger partial charge >= 0.3 is 5.97 Å². The van der Waals surface area contributed by atoms with Crippen molar-refractivity contribution >= 4 is 62.7 Å². The Bertz CT molecular complexity index is 805. The summed E-state index contributed by atoms with van der Waals surface area (Å²) in [7, 11) is 0. The molecule has 0 spiro atoms. The van der Waals surface area contributed by atoms with Gasteiger partial charge in [-0.05, 0) is 74.2 Å². The molecule has 4 aliphatic carbocycles. The number of carbonyl (C=O) groups is 3. The molecule has 0 aromatic carbocycles. The SMILES string of the molecule is CCC(=O)O[C@@]1(C(=O)C(I)I)CC[C@H]2[C@@H]3CCC4=CC(=O)CC[C@]4(C)[C@H]3CC[C@@]21C. The molecule has 3 fully saturated rings. The van der Waals surface area contributed by atoms with E-state index in [0.717, 1.165) is 38.5 Å². The van der Waals surface area contributed by atoms with Gasteiger partial charge in [-0.25, -0.2) is 0 Å². The fraction of sp³-hybridized carbons (Fsp3) is 0.792. The summed E-state index contributed by atoms with van der Waals surface area (Å²) in [6.45, 7) is 6.41. The van der Waals surface area contributed by atoms with Gasteiger partial charge in [0.1, 0.15) is 1.93 Å². The number of carbonyl (C=O) groups excluding carboxylic acids is 3. The molecule has 4 aliphatic rings. The van der Waals surface area contributed by atoms with Crippen LogP contribution in [-0.4, -0.2) is 25.1 Å². The average Bonchev–Trinajstić information content (AvgIpc) is 3.00. The number of ketones is 2. The second-order valence-corrected chi connectivity index (χ2v) is 15.2. The summed E-state index contributed by atoms with van der Waals surface area (Å²) in [5.41, 5.74) is 0.193. The first-order valence-corrected chi connectivity index (χ1v) is 13.9. The summed E-state index contributed by atoms with van der Waals surface area (Å²) in [5, 5.41) is 0. The van der Waals surface area contributed by atoms with Crippen LogP contribution in [-0.2, 0) is 19.1 Å². The molecule has 0 heterocycles. The van der Waals surface area contributed by atoms with Crippen molar-refractivity contribution in [2.24, 2.45) is 28.6 Å². The van der Waals surface area contributed by atoms with Crippen molar-refractivity contribution in [3.8, 4) is 0 Å². The Kier molecular flexibility index (Phi) is 6.26. The van der Waals surface area contributed by atoms with E-state index in [1.165, 1.54) is 5.57 Å². The van der Waals surface area contributed by atoms with Gasteiger partial charge in [0.25, 0.3) is 0 Å². The fourth-order valence-corrected chi connectivity index (χ4v) is 8.63. The Morgan fingerprint density at radius 1 is 1.10 bits per heavy atom. The second-order valence-electron chi connectivity index (χ2n) is 10.3. The van der Waals surface area contributed by atoms with E-state index in [9.17, 15) is 14.4 Å². The van der Waals surface area contributed by atoms with Crippen molar-refractivity contribution in [3.05, 3.63) is 11.6 Å². The summed E-state index contributed by atoms with van der Waals surface area (Å²) in [5.74, 6) is 1.61. The highest BCUT2D eigenvalue weighted by Crippen LogP contribution is 2.68. The Labute approximate surface area is 207 Å². The third kappa shape index (κ3) is 3.27. The van der Waals surface area contributed by atoms with E-state index in [2.05, 4.69) is 59.0 Å². The van der Waals surface area contributed by atoms with Crippen LogP contribution in [0.3, 0.4) is 0 Å². The van der Waals surface area contributed by atoms with Gasteiger partial charge in [-0.1, -0.05) is 71.5 Å². The molecule has 4 nitrogen and oxygen atoms in total. The lowest BCUT2D eigenvalue weighted by Gasteiger charge is -2.59. The summed E-state index contributed by atoms with van der Waals surface area (Å²) in [6, 6.07) is 0. The standard InChI is InChI=1S/C24H32I2O4/c1-4-19(28)30-24(20(29)21(25)26)12-9-18-16-6-5-14-13-15(27)7-10-22(14,2)17(16)8-11-23(18,24)3/h13,16-18,21H,4-12H2,1-3H3/t16-,17+,18+,22+,23+,24-/m1/s1. The van der Waals surface area contributed by atoms with Gasteiger partial charge in [-0.15, -0.1) is 0 Å². The Morgan fingerprint density at radius 2 is 1.80 bits per heavy atom. The Morgan fingerprint density at radius 3 is 2.47 bits per heavy atom. The molecule has 0 aromatic rings. The van der Waals surface area contributed by atoms with Crippen molar-refractivity contribution in [1.29, 1.82) is 0 Å². The van der Waals surface area contributed by atoms with Crippen LogP contribution in [0.4, 0.5) is 0 Å². The van der Waals surface area contributed by atoms with Gasteiger partial charge < -0.3 is 4.74 Å². The van der Waals surface area contributed by atoms with Crippen LogP contribution in [0.1, 0.15) is 78.6 Å². The Balaban J connectivity index is 1.71. The van der Waals surface area contributed by atoms with Gasteiger partial charge in [-0.3, -0.25) is 14.4 Å². The van der Waals surface area contributed by atoms with Crippen LogP contribution >= 0.6 is 45.2 Å². The topological polar surface area (TPSA) is 60.4 Å². The summed E-state index contributed by atoms with van der Waals surface area (Å²) < 4.78 is 5.91. The molecule has 3 saturated carbocycles. The zero-order chi connectivity index (χ0) is 21.9. The van der Waals surface area contributed by atoms with Gasteiger partial charge in [0.15, 0.2) is 17.2 Å². The zero-order valence-corrected chi connectivity index (χ0v) is 22.5. The van der Waals surface area contributed by atoms with Crippen LogP contribution in [0.15, 0.2) is 11.6 Å². The van der Waals surface area contributed by atoms with Gasteiger partial charge in [0.05, 0.1) is 0 Å². The third-order valence-electron chi connectivity index (χ3n) is 9.25.